The van der Waals surface area contributed by atoms with Gasteiger partial charge in [-0.2, -0.15) is 0 Å². The Morgan fingerprint density at radius 1 is 1.31 bits per heavy atom. The van der Waals surface area contributed by atoms with E-state index in [4.69, 9.17) is 5.11 Å². The Hall–Kier alpha value is -1.75. The van der Waals surface area contributed by atoms with E-state index in [1.54, 1.807) is 4.57 Å². The minimum atomic E-state index is -0.603. The van der Waals surface area contributed by atoms with E-state index in [1.165, 1.54) is 24.7 Å². The molecule has 2 rings (SSSR count). The lowest BCUT2D eigenvalue weighted by Crippen LogP contribution is -2.05. The van der Waals surface area contributed by atoms with Gasteiger partial charge in [0, 0.05) is 11.6 Å². The van der Waals surface area contributed by atoms with Gasteiger partial charge in [0.25, 0.3) is 0 Å². The minimum absolute atomic E-state index is 0.164. The SMILES string of the molecule is OCc1cncn1Cc1ccc(F)cc1F. The van der Waals surface area contributed by atoms with E-state index < -0.39 is 11.6 Å². The van der Waals surface area contributed by atoms with Gasteiger partial charge in [-0.3, -0.25) is 0 Å². The number of aromatic nitrogens is 2. The van der Waals surface area contributed by atoms with Crippen LogP contribution in [0.4, 0.5) is 8.78 Å². The molecular formula is C11H10F2N2O. The van der Waals surface area contributed by atoms with Crippen LogP contribution in [0, 0.1) is 11.6 Å². The second-order valence-corrected chi connectivity index (χ2v) is 3.41. The largest absolute Gasteiger partial charge is 0.390 e. The molecule has 0 bridgehead atoms. The van der Waals surface area contributed by atoms with Crippen LogP contribution in [-0.2, 0) is 13.2 Å². The molecule has 0 amide bonds. The van der Waals surface area contributed by atoms with Gasteiger partial charge in [0.05, 0.1) is 31.4 Å². The summed E-state index contributed by atoms with van der Waals surface area (Å²) in [5, 5.41) is 8.98. The normalized spacial score (nSPS) is 10.7. The molecule has 0 aliphatic carbocycles. The van der Waals surface area contributed by atoms with Crippen molar-refractivity contribution < 1.29 is 13.9 Å². The van der Waals surface area contributed by atoms with Crippen LogP contribution >= 0.6 is 0 Å². The van der Waals surface area contributed by atoms with E-state index in [-0.39, 0.29) is 13.2 Å². The smallest absolute Gasteiger partial charge is 0.131 e. The van der Waals surface area contributed by atoms with Crippen LogP contribution in [0.15, 0.2) is 30.7 Å². The van der Waals surface area contributed by atoms with Crippen LogP contribution in [0.2, 0.25) is 0 Å². The summed E-state index contributed by atoms with van der Waals surface area (Å²) in [5.41, 5.74) is 0.942. The quantitative estimate of drug-likeness (QED) is 0.861. The van der Waals surface area contributed by atoms with E-state index in [2.05, 4.69) is 4.98 Å². The Morgan fingerprint density at radius 2 is 2.12 bits per heavy atom. The molecule has 84 valence electrons. The summed E-state index contributed by atoms with van der Waals surface area (Å²) in [6, 6.07) is 3.42. The first-order valence-electron chi connectivity index (χ1n) is 4.74. The molecule has 3 nitrogen and oxygen atoms in total. The average Bonchev–Trinajstić information content (AvgIpc) is 2.69. The van der Waals surface area contributed by atoms with Gasteiger partial charge in [-0.1, -0.05) is 6.07 Å². The molecule has 0 saturated heterocycles. The number of rotatable bonds is 3. The third kappa shape index (κ3) is 2.09. The van der Waals surface area contributed by atoms with Crippen LogP contribution in [0.25, 0.3) is 0 Å². The fourth-order valence-electron chi connectivity index (χ4n) is 1.46. The highest BCUT2D eigenvalue weighted by atomic mass is 19.1. The van der Waals surface area contributed by atoms with Crippen LogP contribution in [0.5, 0.6) is 0 Å². The van der Waals surface area contributed by atoms with E-state index in [0.29, 0.717) is 11.3 Å². The first-order chi connectivity index (χ1) is 7.70. The third-order valence-electron chi connectivity index (χ3n) is 2.32. The molecule has 1 N–H and O–H groups in total. The highest BCUT2D eigenvalue weighted by molar-refractivity contribution is 5.19. The second-order valence-electron chi connectivity index (χ2n) is 3.41. The number of hydrogen-bond donors (Lipinski definition) is 1. The predicted molar refractivity (Wildman–Crippen MR) is 53.6 cm³/mol. The van der Waals surface area contributed by atoms with Crippen molar-refractivity contribution >= 4 is 0 Å². The molecule has 0 atom stereocenters. The molecule has 1 aromatic carbocycles. The maximum absolute atomic E-state index is 13.3. The number of hydrogen-bond acceptors (Lipinski definition) is 2. The van der Waals surface area contributed by atoms with Gasteiger partial charge >= 0.3 is 0 Å². The van der Waals surface area contributed by atoms with Crippen molar-refractivity contribution in [3.63, 3.8) is 0 Å². The lowest BCUT2D eigenvalue weighted by molar-refractivity contribution is 0.271. The maximum atomic E-state index is 13.3. The standard InChI is InChI=1S/C11H10F2N2O/c12-9-2-1-8(11(13)3-9)5-15-7-14-4-10(15)6-16/h1-4,7,16H,5-6H2. The topological polar surface area (TPSA) is 38.1 Å². The molecule has 2 aromatic rings. The number of benzene rings is 1. The van der Waals surface area contributed by atoms with E-state index in [1.807, 2.05) is 0 Å². The zero-order valence-electron chi connectivity index (χ0n) is 8.40. The summed E-state index contributed by atoms with van der Waals surface area (Å²) in [6.45, 7) is 0.0603. The van der Waals surface area contributed by atoms with E-state index in [0.717, 1.165) is 6.07 Å². The van der Waals surface area contributed by atoms with Gasteiger partial charge < -0.3 is 9.67 Å². The first-order valence-corrected chi connectivity index (χ1v) is 4.74. The monoisotopic (exact) mass is 224 g/mol. The summed E-state index contributed by atoms with van der Waals surface area (Å²) in [5.74, 6) is -1.20. The van der Waals surface area contributed by atoms with Crippen LogP contribution < -0.4 is 0 Å². The van der Waals surface area contributed by atoms with Gasteiger partial charge in [0.1, 0.15) is 11.6 Å². The Kier molecular flexibility index (Phi) is 2.96. The van der Waals surface area contributed by atoms with Crippen molar-refractivity contribution in [1.82, 2.24) is 9.55 Å². The van der Waals surface area contributed by atoms with Gasteiger partial charge in [-0.05, 0) is 6.07 Å². The molecule has 0 spiro atoms. The minimum Gasteiger partial charge on any atom is -0.390 e. The van der Waals surface area contributed by atoms with Crippen molar-refractivity contribution in [2.24, 2.45) is 0 Å². The molecular weight excluding hydrogens is 214 g/mol. The number of aliphatic hydroxyl groups excluding tert-OH is 1. The molecule has 16 heavy (non-hydrogen) atoms. The van der Waals surface area contributed by atoms with E-state index in [9.17, 15) is 8.78 Å². The molecule has 5 heteroatoms. The Bertz CT molecular complexity index is 496. The molecule has 0 aliphatic heterocycles. The van der Waals surface area contributed by atoms with Gasteiger partial charge in [0.15, 0.2) is 0 Å². The number of halogens is 2. The first kappa shape index (κ1) is 10.8. The fraction of sp³-hybridized carbons (Fsp3) is 0.182. The van der Waals surface area contributed by atoms with Crippen molar-refractivity contribution in [3.8, 4) is 0 Å². The molecule has 0 saturated carbocycles. The number of nitrogens with zero attached hydrogens (tertiary/aromatic N) is 2. The zero-order valence-corrected chi connectivity index (χ0v) is 8.40. The Balaban J connectivity index is 2.27. The highest BCUT2D eigenvalue weighted by Crippen LogP contribution is 2.12. The molecule has 1 heterocycles. The van der Waals surface area contributed by atoms with E-state index >= 15 is 0 Å². The van der Waals surface area contributed by atoms with Crippen LogP contribution in [0.1, 0.15) is 11.3 Å². The summed E-state index contributed by atoms with van der Waals surface area (Å²) < 4.78 is 27.6. The molecule has 0 fully saturated rings. The van der Waals surface area contributed by atoms with Crippen molar-refractivity contribution in [3.05, 3.63) is 53.6 Å². The summed E-state index contributed by atoms with van der Waals surface area (Å²) in [7, 11) is 0. The van der Waals surface area contributed by atoms with Gasteiger partial charge in [-0.15, -0.1) is 0 Å². The lowest BCUT2D eigenvalue weighted by atomic mass is 10.2. The van der Waals surface area contributed by atoms with Gasteiger partial charge in [0.2, 0.25) is 0 Å². The number of imidazole rings is 1. The van der Waals surface area contributed by atoms with Crippen LogP contribution in [0.3, 0.4) is 0 Å². The molecule has 0 aliphatic rings. The van der Waals surface area contributed by atoms with Crippen molar-refractivity contribution in [2.45, 2.75) is 13.2 Å². The Morgan fingerprint density at radius 3 is 2.81 bits per heavy atom. The summed E-state index contributed by atoms with van der Waals surface area (Å²) in [6.07, 6.45) is 3.00. The molecule has 0 radical (unpaired) electrons. The fourth-order valence-corrected chi connectivity index (χ4v) is 1.46. The molecule has 0 unspecified atom stereocenters. The number of aliphatic hydroxyl groups is 1. The average molecular weight is 224 g/mol. The second kappa shape index (κ2) is 4.40. The summed E-state index contributed by atoms with van der Waals surface area (Å²) >= 11 is 0. The zero-order chi connectivity index (χ0) is 11.5. The lowest BCUT2D eigenvalue weighted by Gasteiger charge is -2.07. The van der Waals surface area contributed by atoms with Crippen molar-refractivity contribution in [2.75, 3.05) is 0 Å². The van der Waals surface area contributed by atoms with Gasteiger partial charge in [-0.25, -0.2) is 13.8 Å². The highest BCUT2D eigenvalue weighted by Gasteiger charge is 2.06. The third-order valence-corrected chi connectivity index (χ3v) is 2.32. The Labute approximate surface area is 91.0 Å². The summed E-state index contributed by atoms with van der Waals surface area (Å²) in [4.78, 5) is 3.84. The van der Waals surface area contributed by atoms with Crippen LogP contribution in [-0.4, -0.2) is 14.7 Å². The molecule has 1 aromatic heterocycles. The van der Waals surface area contributed by atoms with Crippen molar-refractivity contribution in [1.29, 1.82) is 0 Å². The maximum Gasteiger partial charge on any atom is 0.131 e. The predicted octanol–water partition coefficient (Wildman–Crippen LogP) is 1.70.